The Morgan fingerprint density at radius 2 is 2.14 bits per heavy atom. The lowest BCUT2D eigenvalue weighted by atomic mass is 10.1. The van der Waals surface area contributed by atoms with Crippen molar-refractivity contribution in [1.82, 2.24) is 10.2 Å². The van der Waals surface area contributed by atoms with Crippen molar-refractivity contribution in [2.45, 2.75) is 25.7 Å². The molecular formula is C15H15BrN4O2. The minimum Gasteiger partial charge on any atom is -0.366 e. The number of anilines is 1. The molecule has 0 spiro atoms. The highest BCUT2D eigenvalue weighted by Crippen LogP contribution is 2.42. The van der Waals surface area contributed by atoms with Crippen molar-refractivity contribution in [2.24, 2.45) is 5.73 Å². The molecule has 1 aromatic heterocycles. The second-order valence-corrected chi connectivity index (χ2v) is 6.22. The van der Waals surface area contributed by atoms with Gasteiger partial charge in [-0.25, -0.2) is 0 Å². The van der Waals surface area contributed by atoms with Crippen molar-refractivity contribution in [3.8, 4) is 0 Å². The highest BCUT2D eigenvalue weighted by molar-refractivity contribution is 9.10. The molecule has 0 saturated heterocycles. The Kier molecular flexibility index (Phi) is 3.74. The van der Waals surface area contributed by atoms with Gasteiger partial charge in [-0.3, -0.25) is 14.7 Å². The van der Waals surface area contributed by atoms with Gasteiger partial charge in [0.25, 0.3) is 5.91 Å². The Bertz CT molecular complexity index is 765. The van der Waals surface area contributed by atoms with E-state index in [1.54, 1.807) is 25.1 Å². The average Bonchev–Trinajstić information content (AvgIpc) is 3.23. The maximum absolute atomic E-state index is 12.3. The van der Waals surface area contributed by atoms with Crippen molar-refractivity contribution < 1.29 is 9.59 Å². The van der Waals surface area contributed by atoms with Crippen LogP contribution in [0.15, 0.2) is 22.7 Å². The van der Waals surface area contributed by atoms with Crippen molar-refractivity contribution in [3.05, 3.63) is 45.2 Å². The average molecular weight is 363 g/mol. The summed E-state index contributed by atoms with van der Waals surface area (Å²) in [5.74, 6) is -0.324. The van der Waals surface area contributed by atoms with Gasteiger partial charge in [0.15, 0.2) is 5.69 Å². The van der Waals surface area contributed by atoms with Gasteiger partial charge in [0.1, 0.15) is 0 Å². The number of amides is 2. The third-order valence-electron chi connectivity index (χ3n) is 3.69. The lowest BCUT2D eigenvalue weighted by Crippen LogP contribution is -2.15. The Hall–Kier alpha value is -2.15. The molecule has 6 nitrogen and oxygen atoms in total. The van der Waals surface area contributed by atoms with Crippen LogP contribution in [0.2, 0.25) is 0 Å². The third kappa shape index (κ3) is 2.76. The predicted octanol–water partition coefficient (Wildman–Crippen LogP) is 2.71. The molecule has 1 heterocycles. The second-order valence-electron chi connectivity index (χ2n) is 5.42. The minimum absolute atomic E-state index is 0.301. The molecule has 1 fully saturated rings. The van der Waals surface area contributed by atoms with Gasteiger partial charge in [-0.05, 0) is 59.5 Å². The summed E-state index contributed by atoms with van der Waals surface area (Å²) in [6.45, 7) is 1.80. The largest absolute Gasteiger partial charge is 0.366 e. The summed E-state index contributed by atoms with van der Waals surface area (Å²) in [5.41, 5.74) is 8.34. The number of rotatable bonds is 4. The zero-order valence-electron chi connectivity index (χ0n) is 11.9. The maximum Gasteiger partial charge on any atom is 0.277 e. The van der Waals surface area contributed by atoms with Gasteiger partial charge in [-0.1, -0.05) is 0 Å². The molecule has 3 rings (SSSR count). The van der Waals surface area contributed by atoms with E-state index in [9.17, 15) is 9.59 Å². The van der Waals surface area contributed by atoms with Crippen molar-refractivity contribution in [1.29, 1.82) is 0 Å². The van der Waals surface area contributed by atoms with Crippen LogP contribution >= 0.6 is 15.9 Å². The molecule has 1 aromatic carbocycles. The van der Waals surface area contributed by atoms with E-state index >= 15 is 0 Å². The minimum atomic E-state index is -0.495. The monoisotopic (exact) mass is 362 g/mol. The lowest BCUT2D eigenvalue weighted by Gasteiger charge is -2.08. The van der Waals surface area contributed by atoms with E-state index < -0.39 is 5.91 Å². The number of primary amides is 1. The molecule has 0 unspecified atom stereocenters. The Morgan fingerprint density at radius 3 is 2.73 bits per heavy atom. The zero-order chi connectivity index (χ0) is 15.9. The highest BCUT2D eigenvalue weighted by atomic mass is 79.9. The van der Waals surface area contributed by atoms with Crippen LogP contribution in [0.5, 0.6) is 0 Å². The number of aromatic amines is 1. The predicted molar refractivity (Wildman–Crippen MR) is 85.9 cm³/mol. The number of carbonyl (C=O) groups excluding carboxylic acids is 2. The van der Waals surface area contributed by atoms with E-state index in [4.69, 9.17) is 5.73 Å². The molecule has 0 radical (unpaired) electrons. The number of aryl methyl sites for hydroxylation is 1. The fourth-order valence-corrected chi connectivity index (χ4v) is 2.95. The molecule has 2 aromatic rings. The summed E-state index contributed by atoms with van der Waals surface area (Å²) in [6, 6.07) is 4.89. The molecule has 0 aliphatic heterocycles. The Balaban J connectivity index is 1.81. The zero-order valence-corrected chi connectivity index (χ0v) is 13.5. The number of nitrogens with one attached hydrogen (secondary N) is 2. The van der Waals surface area contributed by atoms with Gasteiger partial charge < -0.3 is 11.1 Å². The summed E-state index contributed by atoms with van der Waals surface area (Å²) in [7, 11) is 0. The summed E-state index contributed by atoms with van der Waals surface area (Å²) in [4.78, 5) is 23.5. The van der Waals surface area contributed by atoms with Crippen LogP contribution in [0.1, 0.15) is 50.9 Å². The van der Waals surface area contributed by atoms with Crippen LogP contribution in [0.4, 0.5) is 5.69 Å². The Labute approximate surface area is 135 Å². The summed E-state index contributed by atoms with van der Waals surface area (Å²) < 4.78 is 0.721. The number of H-pyrrole nitrogens is 1. The van der Waals surface area contributed by atoms with Crippen LogP contribution in [-0.2, 0) is 0 Å². The molecule has 0 bridgehead atoms. The van der Waals surface area contributed by atoms with E-state index in [0.29, 0.717) is 22.9 Å². The van der Waals surface area contributed by atoms with Gasteiger partial charge in [-0.2, -0.15) is 5.10 Å². The molecule has 7 heteroatoms. The third-order valence-corrected chi connectivity index (χ3v) is 4.50. The van der Waals surface area contributed by atoms with Gasteiger partial charge >= 0.3 is 0 Å². The Morgan fingerprint density at radius 1 is 1.41 bits per heavy atom. The number of aromatic nitrogens is 2. The van der Waals surface area contributed by atoms with E-state index in [-0.39, 0.29) is 5.91 Å². The first-order valence-corrected chi connectivity index (χ1v) is 7.72. The molecule has 114 valence electrons. The molecule has 2 amide bonds. The molecule has 1 saturated carbocycles. The maximum atomic E-state index is 12.3. The van der Waals surface area contributed by atoms with Crippen molar-refractivity contribution in [2.75, 3.05) is 5.32 Å². The van der Waals surface area contributed by atoms with Crippen LogP contribution in [0.25, 0.3) is 0 Å². The fourth-order valence-electron chi connectivity index (χ4n) is 2.27. The normalized spacial score (nSPS) is 13.9. The summed E-state index contributed by atoms with van der Waals surface area (Å²) in [6.07, 6.45) is 2.24. The standard InChI is InChI=1S/C15H15BrN4O2/c1-7-6-9(14(17)21)4-5-10(7)18-15(22)13-11(16)12(19-20-13)8-2-3-8/h4-6,8H,2-3H2,1H3,(H2,17,21)(H,18,22)(H,19,20). The van der Waals surface area contributed by atoms with E-state index in [0.717, 1.165) is 28.6 Å². The smallest absolute Gasteiger partial charge is 0.277 e. The van der Waals surface area contributed by atoms with Crippen LogP contribution in [0.3, 0.4) is 0 Å². The first-order valence-electron chi connectivity index (χ1n) is 6.93. The van der Waals surface area contributed by atoms with Gasteiger partial charge in [-0.15, -0.1) is 0 Å². The number of benzene rings is 1. The van der Waals surface area contributed by atoms with E-state index in [1.807, 2.05) is 0 Å². The number of nitrogens with two attached hydrogens (primary N) is 1. The van der Waals surface area contributed by atoms with Gasteiger partial charge in [0.2, 0.25) is 5.91 Å². The lowest BCUT2D eigenvalue weighted by molar-refractivity contribution is 0.0997. The number of halogens is 1. The molecular weight excluding hydrogens is 348 g/mol. The summed E-state index contributed by atoms with van der Waals surface area (Å²) >= 11 is 3.44. The quantitative estimate of drug-likeness (QED) is 0.779. The molecule has 4 N–H and O–H groups in total. The molecule has 0 atom stereocenters. The molecule has 1 aliphatic rings. The molecule has 22 heavy (non-hydrogen) atoms. The SMILES string of the molecule is Cc1cc(C(N)=O)ccc1NC(=O)c1n[nH]c(C2CC2)c1Br. The first kappa shape index (κ1) is 14.8. The fraction of sp³-hybridized carbons (Fsp3) is 0.267. The first-order chi connectivity index (χ1) is 10.5. The number of carbonyl (C=O) groups is 2. The second kappa shape index (κ2) is 5.57. The van der Waals surface area contributed by atoms with Gasteiger partial charge in [0, 0.05) is 17.2 Å². The number of hydrogen-bond acceptors (Lipinski definition) is 3. The molecule has 1 aliphatic carbocycles. The van der Waals surface area contributed by atoms with Crippen molar-refractivity contribution in [3.63, 3.8) is 0 Å². The van der Waals surface area contributed by atoms with Gasteiger partial charge in [0.05, 0.1) is 10.2 Å². The van der Waals surface area contributed by atoms with Crippen LogP contribution in [0, 0.1) is 6.92 Å². The highest BCUT2D eigenvalue weighted by Gasteiger charge is 2.30. The van der Waals surface area contributed by atoms with E-state index in [2.05, 4.69) is 31.4 Å². The van der Waals surface area contributed by atoms with Crippen LogP contribution in [-0.4, -0.2) is 22.0 Å². The summed E-state index contributed by atoms with van der Waals surface area (Å²) in [5, 5.41) is 9.82. The van der Waals surface area contributed by atoms with E-state index in [1.165, 1.54) is 0 Å². The number of hydrogen-bond donors (Lipinski definition) is 3. The van der Waals surface area contributed by atoms with Crippen LogP contribution < -0.4 is 11.1 Å². The van der Waals surface area contributed by atoms with Crippen molar-refractivity contribution >= 4 is 33.4 Å². The topological polar surface area (TPSA) is 101 Å². The number of nitrogens with zero attached hydrogens (tertiary/aromatic N) is 1.